The number of phosphoric ester groups is 1. The summed E-state index contributed by atoms with van der Waals surface area (Å²) < 4.78 is 16.7. The molecule has 0 aliphatic rings. The van der Waals surface area contributed by atoms with Gasteiger partial charge in [0, 0.05) is 19.7 Å². The zero-order valence-corrected chi connectivity index (χ0v) is 13.1. The molecular formula is C12H16N3O6P. The average molecular weight is 329 g/mol. The molecule has 9 nitrogen and oxygen atoms in total. The number of amides is 1. The smallest absolute Gasteiger partial charge is 0.471 e. The maximum atomic E-state index is 12.0. The molecule has 0 fully saturated rings. The van der Waals surface area contributed by atoms with E-state index >= 15 is 0 Å². The van der Waals surface area contributed by atoms with Crippen LogP contribution in [0, 0.1) is 6.92 Å². The fourth-order valence-corrected chi connectivity index (χ4v) is 2.26. The number of phosphoric acid groups is 1. The summed E-state index contributed by atoms with van der Waals surface area (Å²) in [5, 5.41) is 10.0. The minimum Gasteiger partial charge on any atom is -0.506 e. The molecule has 0 bridgehead atoms. The van der Waals surface area contributed by atoms with Crippen LogP contribution in [0.1, 0.15) is 16.2 Å². The molecule has 0 saturated heterocycles. The molecule has 0 spiro atoms. The highest BCUT2D eigenvalue weighted by atomic mass is 31.2. The van der Waals surface area contributed by atoms with E-state index in [0.717, 1.165) is 0 Å². The maximum Gasteiger partial charge on any atom is 0.471 e. The van der Waals surface area contributed by atoms with Crippen LogP contribution in [-0.2, 0) is 15.8 Å². The number of fused-ring (bicyclic) bond motifs is 1. The van der Waals surface area contributed by atoms with Gasteiger partial charge in [-0.05, 0) is 19.1 Å². The quantitative estimate of drug-likeness (QED) is 0.709. The Morgan fingerprint density at radius 1 is 1.41 bits per heavy atom. The molecule has 0 aliphatic carbocycles. The minimum atomic E-state index is -4.65. The lowest BCUT2D eigenvalue weighted by Crippen LogP contribution is -2.21. The van der Waals surface area contributed by atoms with Crippen molar-refractivity contribution in [3.8, 4) is 5.75 Å². The van der Waals surface area contributed by atoms with Crippen molar-refractivity contribution in [1.82, 2.24) is 14.5 Å². The maximum absolute atomic E-state index is 12.0. The first kappa shape index (κ1) is 16.4. The molecular weight excluding hydrogens is 313 g/mol. The van der Waals surface area contributed by atoms with E-state index in [1.165, 1.54) is 21.6 Å². The van der Waals surface area contributed by atoms with Gasteiger partial charge in [0.05, 0.1) is 5.52 Å². The lowest BCUT2D eigenvalue weighted by Gasteiger charge is -2.12. The lowest BCUT2D eigenvalue weighted by atomic mass is 10.1. The zero-order valence-electron chi connectivity index (χ0n) is 12.2. The number of phenolic OH excluding ortho intramolecular Hbond substituents is 1. The van der Waals surface area contributed by atoms with E-state index in [0.29, 0.717) is 11.3 Å². The Morgan fingerprint density at radius 2 is 2.05 bits per heavy atom. The number of aromatic nitrogens is 2. The van der Waals surface area contributed by atoms with E-state index in [4.69, 9.17) is 9.79 Å². The molecule has 0 aliphatic heterocycles. The molecule has 1 amide bonds. The van der Waals surface area contributed by atoms with Crippen LogP contribution < -0.4 is 0 Å². The fraction of sp³-hybridized carbons (Fsp3) is 0.333. The first-order chi connectivity index (χ1) is 10.1. The Hall–Kier alpha value is -1.93. The van der Waals surface area contributed by atoms with Crippen LogP contribution in [-0.4, -0.2) is 49.3 Å². The molecule has 22 heavy (non-hydrogen) atoms. The number of benzene rings is 1. The van der Waals surface area contributed by atoms with E-state index in [1.54, 1.807) is 21.0 Å². The molecule has 0 saturated carbocycles. The monoisotopic (exact) mass is 329 g/mol. The van der Waals surface area contributed by atoms with E-state index in [1.807, 2.05) is 0 Å². The number of rotatable bonds is 4. The highest BCUT2D eigenvalue weighted by Gasteiger charge is 2.19. The molecule has 2 aromatic rings. The normalized spacial score (nSPS) is 11.9. The van der Waals surface area contributed by atoms with Crippen LogP contribution in [0.2, 0.25) is 0 Å². The Balaban J connectivity index is 2.55. The first-order valence-electron chi connectivity index (χ1n) is 6.21. The summed E-state index contributed by atoms with van der Waals surface area (Å²) in [6, 6.07) is 2.78. The number of imidazole rings is 1. The SMILES string of the molecule is Cc1nc2c(O)cc(C(=O)N(C)C)cc2n1COP(=O)(O)O. The third-order valence-electron chi connectivity index (χ3n) is 3.03. The van der Waals surface area contributed by atoms with Gasteiger partial charge in [-0.2, -0.15) is 0 Å². The number of aryl methyl sites for hydroxylation is 1. The number of carbonyl (C=O) groups excluding carboxylic acids is 1. The van der Waals surface area contributed by atoms with Crippen LogP contribution >= 0.6 is 7.82 Å². The number of nitrogens with zero attached hydrogens (tertiary/aromatic N) is 3. The fourth-order valence-electron chi connectivity index (χ4n) is 2.00. The molecule has 1 heterocycles. The van der Waals surface area contributed by atoms with E-state index in [9.17, 15) is 14.5 Å². The van der Waals surface area contributed by atoms with Gasteiger partial charge in [-0.1, -0.05) is 0 Å². The molecule has 1 aromatic heterocycles. The average Bonchev–Trinajstić information content (AvgIpc) is 2.71. The Kier molecular flexibility index (Phi) is 4.25. The van der Waals surface area contributed by atoms with Gasteiger partial charge in [0.2, 0.25) is 0 Å². The van der Waals surface area contributed by atoms with Gasteiger partial charge in [0.25, 0.3) is 5.91 Å². The summed E-state index contributed by atoms with van der Waals surface area (Å²) in [5.41, 5.74) is 0.797. The highest BCUT2D eigenvalue weighted by molar-refractivity contribution is 7.46. The van der Waals surface area contributed by atoms with Crippen LogP contribution in [0.4, 0.5) is 0 Å². The summed E-state index contributed by atoms with van der Waals surface area (Å²) in [6.45, 7) is 1.14. The minimum absolute atomic E-state index is 0.194. The second-order valence-electron chi connectivity index (χ2n) is 4.90. The van der Waals surface area contributed by atoms with Crippen molar-refractivity contribution >= 4 is 24.8 Å². The van der Waals surface area contributed by atoms with Crippen molar-refractivity contribution < 1.29 is 28.8 Å². The Bertz CT molecular complexity index is 779. The summed E-state index contributed by atoms with van der Waals surface area (Å²) >= 11 is 0. The summed E-state index contributed by atoms with van der Waals surface area (Å²) in [7, 11) is -1.50. The topological polar surface area (TPSA) is 125 Å². The standard InChI is InChI=1S/C12H16N3O6P/c1-7-13-11-9(15(7)6-21-22(18,19)20)4-8(5-10(11)16)12(17)14(2)3/h4-5,16H,6H2,1-3H3,(H2,18,19,20). The predicted octanol–water partition coefficient (Wildman–Crippen LogP) is 0.819. The first-order valence-corrected chi connectivity index (χ1v) is 7.75. The van der Waals surface area contributed by atoms with Crippen LogP contribution in [0.25, 0.3) is 11.0 Å². The van der Waals surface area contributed by atoms with Crippen molar-refractivity contribution in [2.45, 2.75) is 13.7 Å². The third-order valence-corrected chi connectivity index (χ3v) is 3.48. The largest absolute Gasteiger partial charge is 0.506 e. The summed E-state index contributed by atoms with van der Waals surface area (Å²) in [5.74, 6) is -0.132. The van der Waals surface area contributed by atoms with Gasteiger partial charge < -0.3 is 24.4 Å². The van der Waals surface area contributed by atoms with Gasteiger partial charge in [0.1, 0.15) is 23.8 Å². The Labute approximate surface area is 126 Å². The number of aromatic hydroxyl groups is 1. The third kappa shape index (κ3) is 3.28. The van der Waals surface area contributed by atoms with Gasteiger partial charge in [-0.25, -0.2) is 9.55 Å². The predicted molar refractivity (Wildman–Crippen MR) is 77.3 cm³/mol. The van der Waals surface area contributed by atoms with Gasteiger partial charge in [-0.3, -0.25) is 9.32 Å². The van der Waals surface area contributed by atoms with Crippen LogP contribution in [0.3, 0.4) is 0 Å². The molecule has 1 aromatic carbocycles. The van der Waals surface area contributed by atoms with Gasteiger partial charge in [-0.15, -0.1) is 0 Å². The molecule has 3 N–H and O–H groups in total. The molecule has 2 rings (SSSR count). The van der Waals surface area contributed by atoms with Crippen LogP contribution in [0.5, 0.6) is 5.75 Å². The zero-order chi connectivity index (χ0) is 16.7. The van der Waals surface area contributed by atoms with Crippen molar-refractivity contribution in [3.05, 3.63) is 23.5 Å². The molecule has 0 radical (unpaired) electrons. The molecule has 10 heteroatoms. The van der Waals surface area contributed by atoms with Gasteiger partial charge >= 0.3 is 7.82 Å². The van der Waals surface area contributed by atoms with Gasteiger partial charge in [0.15, 0.2) is 0 Å². The molecule has 0 unspecified atom stereocenters. The summed E-state index contributed by atoms with van der Waals surface area (Å²) in [6.07, 6.45) is 0. The van der Waals surface area contributed by atoms with E-state index < -0.39 is 14.6 Å². The second-order valence-corrected chi connectivity index (χ2v) is 6.14. The summed E-state index contributed by atoms with van der Waals surface area (Å²) in [4.78, 5) is 35.1. The lowest BCUT2D eigenvalue weighted by molar-refractivity contribution is 0.0827. The molecule has 120 valence electrons. The number of hydrogen-bond acceptors (Lipinski definition) is 5. The van der Waals surface area contributed by atoms with Crippen molar-refractivity contribution in [2.75, 3.05) is 14.1 Å². The van der Waals surface area contributed by atoms with E-state index in [2.05, 4.69) is 9.51 Å². The van der Waals surface area contributed by atoms with Crippen molar-refractivity contribution in [3.63, 3.8) is 0 Å². The van der Waals surface area contributed by atoms with E-state index in [-0.39, 0.29) is 22.7 Å². The van der Waals surface area contributed by atoms with Crippen LogP contribution in [0.15, 0.2) is 12.1 Å². The van der Waals surface area contributed by atoms with Crippen molar-refractivity contribution in [2.24, 2.45) is 0 Å². The number of carbonyl (C=O) groups is 1. The number of hydrogen-bond donors (Lipinski definition) is 3. The highest BCUT2D eigenvalue weighted by Crippen LogP contribution is 2.37. The Morgan fingerprint density at radius 3 is 2.59 bits per heavy atom. The van der Waals surface area contributed by atoms with Crippen molar-refractivity contribution in [1.29, 1.82) is 0 Å². The number of phenols is 1. The molecule has 0 atom stereocenters. The second kappa shape index (κ2) is 5.69.